The SMILES string of the molecule is Cc1ccc(/C=C/CCS(=O)(=O)Cl)cc1C. The van der Waals surface area contributed by atoms with Crippen LogP contribution in [0.4, 0.5) is 0 Å². The fourth-order valence-electron chi connectivity index (χ4n) is 1.30. The molecule has 0 aliphatic heterocycles. The molecule has 0 saturated carbocycles. The van der Waals surface area contributed by atoms with E-state index in [2.05, 4.69) is 19.9 Å². The van der Waals surface area contributed by atoms with Crippen molar-refractivity contribution < 1.29 is 8.42 Å². The van der Waals surface area contributed by atoms with Crippen molar-refractivity contribution in [3.63, 3.8) is 0 Å². The molecule has 0 aliphatic rings. The van der Waals surface area contributed by atoms with Gasteiger partial charge in [0.2, 0.25) is 9.05 Å². The summed E-state index contributed by atoms with van der Waals surface area (Å²) in [5.74, 6) is -0.0180. The largest absolute Gasteiger partial charge is 0.232 e. The van der Waals surface area contributed by atoms with E-state index >= 15 is 0 Å². The molecular weight excluding hydrogens is 244 g/mol. The molecule has 0 heterocycles. The Balaban J connectivity index is 2.60. The Kier molecular flexibility index (Phi) is 4.56. The fourth-order valence-corrected chi connectivity index (χ4v) is 1.98. The van der Waals surface area contributed by atoms with E-state index in [9.17, 15) is 8.42 Å². The number of hydrogen-bond donors (Lipinski definition) is 0. The van der Waals surface area contributed by atoms with Crippen LogP contribution in [0.3, 0.4) is 0 Å². The maximum Gasteiger partial charge on any atom is 0.232 e. The maximum absolute atomic E-state index is 10.7. The van der Waals surface area contributed by atoms with Crippen LogP contribution in [0, 0.1) is 13.8 Å². The first-order chi connectivity index (χ1) is 7.38. The van der Waals surface area contributed by atoms with Gasteiger partial charge in [0.1, 0.15) is 0 Å². The third kappa shape index (κ3) is 4.81. The van der Waals surface area contributed by atoms with Gasteiger partial charge >= 0.3 is 0 Å². The van der Waals surface area contributed by atoms with Gasteiger partial charge in [-0.3, -0.25) is 0 Å². The fraction of sp³-hybridized carbons (Fsp3) is 0.333. The molecule has 2 nitrogen and oxygen atoms in total. The lowest BCUT2D eigenvalue weighted by Gasteiger charge is -2.00. The summed E-state index contributed by atoms with van der Waals surface area (Å²) in [7, 11) is 1.73. The molecule has 0 saturated heterocycles. The predicted molar refractivity (Wildman–Crippen MR) is 69.2 cm³/mol. The van der Waals surface area contributed by atoms with Crippen LogP contribution < -0.4 is 0 Å². The maximum atomic E-state index is 10.7. The molecule has 0 fully saturated rings. The molecular formula is C12H15ClO2S. The summed E-state index contributed by atoms with van der Waals surface area (Å²) < 4.78 is 21.3. The first-order valence-corrected chi connectivity index (χ1v) is 7.52. The third-order valence-electron chi connectivity index (χ3n) is 2.37. The van der Waals surface area contributed by atoms with Gasteiger partial charge in [-0.15, -0.1) is 0 Å². The zero-order valence-corrected chi connectivity index (χ0v) is 11.0. The molecule has 0 spiro atoms. The first kappa shape index (κ1) is 13.3. The molecule has 0 radical (unpaired) electrons. The van der Waals surface area contributed by atoms with Gasteiger partial charge in [-0.25, -0.2) is 8.42 Å². The molecule has 0 N–H and O–H groups in total. The van der Waals surface area contributed by atoms with Crippen LogP contribution in [-0.2, 0) is 9.05 Å². The zero-order valence-electron chi connectivity index (χ0n) is 9.40. The van der Waals surface area contributed by atoms with Gasteiger partial charge in [-0.05, 0) is 37.0 Å². The van der Waals surface area contributed by atoms with Crippen LogP contribution in [0.5, 0.6) is 0 Å². The van der Waals surface area contributed by atoms with Crippen LogP contribution >= 0.6 is 10.7 Å². The van der Waals surface area contributed by atoms with Crippen molar-refractivity contribution in [3.8, 4) is 0 Å². The highest BCUT2D eigenvalue weighted by atomic mass is 35.7. The summed E-state index contributed by atoms with van der Waals surface area (Å²) in [4.78, 5) is 0. The Morgan fingerprint density at radius 2 is 1.94 bits per heavy atom. The Morgan fingerprint density at radius 3 is 2.50 bits per heavy atom. The van der Waals surface area contributed by atoms with Crippen LogP contribution in [0.2, 0.25) is 0 Å². The monoisotopic (exact) mass is 258 g/mol. The summed E-state index contributed by atoms with van der Waals surface area (Å²) >= 11 is 0. The topological polar surface area (TPSA) is 34.1 Å². The van der Waals surface area contributed by atoms with Crippen molar-refractivity contribution >= 4 is 25.8 Å². The van der Waals surface area contributed by atoms with Gasteiger partial charge in [0.15, 0.2) is 0 Å². The molecule has 0 atom stereocenters. The molecule has 4 heteroatoms. The standard InChI is InChI=1S/C12H15ClO2S/c1-10-6-7-12(9-11(10)2)5-3-4-8-16(13,14)15/h3,5-7,9H,4,8H2,1-2H3/b5-3+. The molecule has 0 unspecified atom stereocenters. The summed E-state index contributed by atoms with van der Waals surface area (Å²) in [6.07, 6.45) is 4.18. The van der Waals surface area contributed by atoms with Crippen molar-refractivity contribution in [2.75, 3.05) is 5.75 Å². The van der Waals surface area contributed by atoms with Crippen molar-refractivity contribution in [3.05, 3.63) is 41.0 Å². The van der Waals surface area contributed by atoms with Crippen molar-refractivity contribution in [1.29, 1.82) is 0 Å². The molecule has 0 bridgehead atoms. The van der Waals surface area contributed by atoms with E-state index in [0.29, 0.717) is 6.42 Å². The Hall–Kier alpha value is -0.800. The second-order valence-electron chi connectivity index (χ2n) is 3.78. The number of halogens is 1. The molecule has 16 heavy (non-hydrogen) atoms. The van der Waals surface area contributed by atoms with Gasteiger partial charge in [0.25, 0.3) is 0 Å². The third-order valence-corrected chi connectivity index (χ3v) is 3.56. The molecule has 88 valence electrons. The number of rotatable bonds is 4. The Morgan fingerprint density at radius 1 is 1.25 bits per heavy atom. The average molecular weight is 259 g/mol. The quantitative estimate of drug-likeness (QED) is 0.777. The van der Waals surface area contributed by atoms with E-state index in [4.69, 9.17) is 10.7 Å². The van der Waals surface area contributed by atoms with Gasteiger partial charge < -0.3 is 0 Å². The first-order valence-electron chi connectivity index (χ1n) is 5.04. The number of benzene rings is 1. The van der Waals surface area contributed by atoms with Crippen LogP contribution in [0.1, 0.15) is 23.1 Å². The highest BCUT2D eigenvalue weighted by molar-refractivity contribution is 8.13. The van der Waals surface area contributed by atoms with Gasteiger partial charge in [-0.2, -0.15) is 0 Å². The lowest BCUT2D eigenvalue weighted by atomic mass is 10.1. The number of hydrogen-bond acceptors (Lipinski definition) is 2. The second kappa shape index (κ2) is 5.51. The van der Waals surface area contributed by atoms with Gasteiger partial charge in [0.05, 0.1) is 5.75 Å². The minimum atomic E-state index is -3.37. The molecule has 0 amide bonds. The van der Waals surface area contributed by atoms with E-state index in [1.165, 1.54) is 11.1 Å². The van der Waals surface area contributed by atoms with Crippen LogP contribution in [0.15, 0.2) is 24.3 Å². The van der Waals surface area contributed by atoms with E-state index in [-0.39, 0.29) is 5.75 Å². The highest BCUT2D eigenvalue weighted by Gasteiger charge is 2.01. The van der Waals surface area contributed by atoms with E-state index in [0.717, 1.165) is 5.56 Å². The van der Waals surface area contributed by atoms with Crippen molar-refractivity contribution in [2.45, 2.75) is 20.3 Å². The van der Waals surface area contributed by atoms with Crippen molar-refractivity contribution in [1.82, 2.24) is 0 Å². The lowest BCUT2D eigenvalue weighted by Crippen LogP contribution is -1.94. The minimum absolute atomic E-state index is 0.0180. The Labute approximate surface area is 101 Å². The van der Waals surface area contributed by atoms with E-state index < -0.39 is 9.05 Å². The van der Waals surface area contributed by atoms with E-state index in [1.807, 2.05) is 24.3 Å². The average Bonchev–Trinajstić information content (AvgIpc) is 2.17. The summed E-state index contributed by atoms with van der Waals surface area (Å²) in [5, 5.41) is 0. The predicted octanol–water partition coefficient (Wildman–Crippen LogP) is 3.28. The van der Waals surface area contributed by atoms with Gasteiger partial charge in [0, 0.05) is 10.7 Å². The van der Waals surface area contributed by atoms with Crippen LogP contribution in [0.25, 0.3) is 6.08 Å². The smallest absolute Gasteiger partial charge is 0.212 e. The van der Waals surface area contributed by atoms with Crippen LogP contribution in [-0.4, -0.2) is 14.2 Å². The minimum Gasteiger partial charge on any atom is -0.212 e. The number of aryl methyl sites for hydroxylation is 2. The normalized spacial score (nSPS) is 12.2. The highest BCUT2D eigenvalue weighted by Crippen LogP contribution is 2.11. The molecule has 1 aromatic carbocycles. The summed E-state index contributed by atoms with van der Waals surface area (Å²) in [6.45, 7) is 4.11. The molecule has 1 aromatic rings. The van der Waals surface area contributed by atoms with Gasteiger partial charge in [-0.1, -0.05) is 30.4 Å². The zero-order chi connectivity index (χ0) is 12.2. The Bertz CT molecular complexity index is 490. The summed E-state index contributed by atoms with van der Waals surface area (Å²) in [5.41, 5.74) is 3.56. The molecule has 0 aromatic heterocycles. The molecule has 1 rings (SSSR count). The summed E-state index contributed by atoms with van der Waals surface area (Å²) in [6, 6.07) is 6.13. The second-order valence-corrected chi connectivity index (χ2v) is 6.67. The van der Waals surface area contributed by atoms with Crippen molar-refractivity contribution in [2.24, 2.45) is 0 Å². The van der Waals surface area contributed by atoms with E-state index in [1.54, 1.807) is 0 Å². The number of allylic oxidation sites excluding steroid dienone is 1. The molecule has 0 aliphatic carbocycles. The lowest BCUT2D eigenvalue weighted by molar-refractivity contribution is 0.609.